The molecule has 0 radical (unpaired) electrons. The first-order chi connectivity index (χ1) is 12.4. The fraction of sp³-hybridized carbons (Fsp3) is 0.636. The van der Waals surface area contributed by atoms with E-state index in [4.69, 9.17) is 11.6 Å². The molecule has 0 aliphatic heterocycles. The van der Waals surface area contributed by atoms with E-state index in [1.165, 1.54) is 19.1 Å². The fourth-order valence-electron chi connectivity index (χ4n) is 6.70. The summed E-state index contributed by atoms with van der Waals surface area (Å²) in [4.78, 5) is 23.0. The molecule has 0 aromatic heterocycles. The molecule has 4 aliphatic rings. The van der Waals surface area contributed by atoms with Crippen LogP contribution in [0.25, 0.3) is 0 Å². The van der Waals surface area contributed by atoms with Crippen molar-refractivity contribution in [1.82, 2.24) is 0 Å². The molecule has 0 heterocycles. The van der Waals surface area contributed by atoms with Gasteiger partial charge < -0.3 is 5.11 Å². The second kappa shape index (κ2) is 5.42. The van der Waals surface area contributed by atoms with E-state index in [-0.39, 0.29) is 35.7 Å². The number of Topliss-reactive ketones (excluding diaryl/α,β-unsaturated/α-hetero) is 1. The first-order valence-corrected chi connectivity index (χ1v) is 10.0. The van der Waals surface area contributed by atoms with E-state index in [0.717, 1.165) is 5.57 Å². The van der Waals surface area contributed by atoms with Crippen LogP contribution in [0, 0.1) is 28.6 Å². The van der Waals surface area contributed by atoms with Crippen molar-refractivity contribution < 1.29 is 19.1 Å². The molecular weight excluding hydrogens is 367 g/mol. The molecule has 0 bridgehead atoms. The van der Waals surface area contributed by atoms with Gasteiger partial charge in [0.15, 0.2) is 11.6 Å². The van der Waals surface area contributed by atoms with Gasteiger partial charge >= 0.3 is 0 Å². The number of aliphatic hydroxyl groups is 1. The highest BCUT2D eigenvalue weighted by atomic mass is 35.5. The Bertz CT molecular complexity index is 831. The maximum absolute atomic E-state index is 15.9. The predicted octanol–water partition coefficient (Wildman–Crippen LogP) is 3.95. The number of fused-ring (bicyclic) bond motifs is 5. The second-order valence-corrected chi connectivity index (χ2v) is 9.97. The molecule has 1 N–H and O–H groups in total. The Morgan fingerprint density at radius 1 is 1.33 bits per heavy atom. The quantitative estimate of drug-likeness (QED) is 0.687. The molecule has 0 unspecified atom stereocenters. The van der Waals surface area contributed by atoms with Gasteiger partial charge in [-0.25, -0.2) is 4.39 Å². The third-order valence-corrected chi connectivity index (χ3v) is 9.16. The standard InChI is InChI=1S/C22H26ClFO3/c1-12-9-17-16-6-5-14-10-15(26)7-8-19(14,3)21(16,23)18(24)11-20(17,4)22(12,27)13(2)25/h5-8,10,12,16-18,27H,9,11H2,1-4H3/t12-,16+,17+,18+,19+,20+,21+,22+/m1/s1. The van der Waals surface area contributed by atoms with Crippen LogP contribution >= 0.6 is 11.6 Å². The molecule has 0 spiro atoms. The van der Waals surface area contributed by atoms with Crippen LogP contribution in [0.15, 0.2) is 36.0 Å². The topological polar surface area (TPSA) is 54.4 Å². The number of carbonyl (C=O) groups is 2. The molecule has 8 atom stereocenters. The van der Waals surface area contributed by atoms with E-state index >= 15 is 4.39 Å². The van der Waals surface area contributed by atoms with Crippen molar-refractivity contribution in [2.45, 2.75) is 57.2 Å². The van der Waals surface area contributed by atoms with Gasteiger partial charge in [0.25, 0.3) is 0 Å². The van der Waals surface area contributed by atoms with Gasteiger partial charge in [-0.3, -0.25) is 9.59 Å². The normalized spacial score (nSPS) is 53.4. The maximum Gasteiger partial charge on any atom is 0.178 e. The molecule has 4 aliphatic carbocycles. The molecule has 0 aromatic carbocycles. The lowest BCUT2D eigenvalue weighted by atomic mass is 9.47. The summed E-state index contributed by atoms with van der Waals surface area (Å²) in [6.07, 6.45) is 7.71. The van der Waals surface area contributed by atoms with Crippen molar-refractivity contribution in [2.75, 3.05) is 0 Å². The molecular formula is C22H26ClFO3. The molecule has 0 amide bonds. The summed E-state index contributed by atoms with van der Waals surface area (Å²) in [5.74, 6) is -1.15. The zero-order chi connectivity index (χ0) is 20.0. The van der Waals surface area contributed by atoms with E-state index in [2.05, 4.69) is 0 Å². The number of carbonyl (C=O) groups excluding carboxylic acids is 2. The van der Waals surface area contributed by atoms with Gasteiger partial charge in [-0.15, -0.1) is 11.6 Å². The molecule has 5 heteroatoms. The molecule has 2 fully saturated rings. The van der Waals surface area contributed by atoms with Crippen LogP contribution in [0.1, 0.15) is 40.5 Å². The molecule has 2 saturated carbocycles. The van der Waals surface area contributed by atoms with Crippen LogP contribution in [0.5, 0.6) is 0 Å². The minimum atomic E-state index is -1.55. The molecule has 4 rings (SSSR count). The summed E-state index contributed by atoms with van der Waals surface area (Å²) < 4.78 is 15.9. The van der Waals surface area contributed by atoms with Gasteiger partial charge in [-0.2, -0.15) is 0 Å². The van der Waals surface area contributed by atoms with Crippen LogP contribution in [0.4, 0.5) is 4.39 Å². The SMILES string of the molecule is CC(=O)[C@@]1(O)[C@H](C)C[C@H]2[C@@H]3C=CC4=CC(=O)C=C[C@]4(C)[C@@]3(Cl)[C@@H](F)C[C@@]21C. The zero-order valence-electron chi connectivity index (χ0n) is 16.1. The number of allylic oxidation sites excluding steroid dienone is 6. The number of ketones is 2. The van der Waals surface area contributed by atoms with E-state index in [1.54, 1.807) is 6.08 Å². The highest BCUT2D eigenvalue weighted by molar-refractivity contribution is 6.26. The minimum Gasteiger partial charge on any atom is -0.381 e. The van der Waals surface area contributed by atoms with Crippen molar-refractivity contribution >= 4 is 23.2 Å². The Morgan fingerprint density at radius 2 is 2.00 bits per heavy atom. The molecule has 146 valence electrons. The smallest absolute Gasteiger partial charge is 0.178 e. The molecule has 0 aromatic rings. The van der Waals surface area contributed by atoms with Gasteiger partial charge in [0, 0.05) is 16.7 Å². The van der Waals surface area contributed by atoms with Crippen molar-refractivity contribution in [3.8, 4) is 0 Å². The summed E-state index contributed by atoms with van der Waals surface area (Å²) >= 11 is 7.14. The van der Waals surface area contributed by atoms with Gasteiger partial charge in [0.2, 0.25) is 0 Å². The predicted molar refractivity (Wildman–Crippen MR) is 102 cm³/mol. The lowest BCUT2D eigenvalue weighted by Crippen LogP contribution is -2.66. The Hall–Kier alpha value is -1.26. The number of hydrogen-bond acceptors (Lipinski definition) is 3. The third-order valence-electron chi connectivity index (χ3n) is 8.28. The van der Waals surface area contributed by atoms with Crippen LogP contribution < -0.4 is 0 Å². The maximum atomic E-state index is 15.9. The lowest BCUT2D eigenvalue weighted by molar-refractivity contribution is -0.166. The zero-order valence-corrected chi connectivity index (χ0v) is 16.9. The average Bonchev–Trinajstić information content (AvgIpc) is 2.79. The Balaban J connectivity index is 1.90. The summed E-state index contributed by atoms with van der Waals surface area (Å²) in [6.45, 7) is 6.99. The van der Waals surface area contributed by atoms with Crippen molar-refractivity contribution in [1.29, 1.82) is 0 Å². The summed E-state index contributed by atoms with van der Waals surface area (Å²) in [6, 6.07) is 0. The van der Waals surface area contributed by atoms with Crippen molar-refractivity contribution in [3.63, 3.8) is 0 Å². The van der Waals surface area contributed by atoms with Crippen molar-refractivity contribution in [2.24, 2.45) is 28.6 Å². The van der Waals surface area contributed by atoms with E-state index < -0.39 is 27.5 Å². The highest BCUT2D eigenvalue weighted by Gasteiger charge is 2.74. The van der Waals surface area contributed by atoms with Gasteiger partial charge in [0.1, 0.15) is 11.8 Å². The number of halogens is 2. The van der Waals surface area contributed by atoms with Crippen molar-refractivity contribution in [3.05, 3.63) is 36.0 Å². The number of rotatable bonds is 1. The monoisotopic (exact) mass is 392 g/mol. The Kier molecular flexibility index (Phi) is 3.83. The van der Waals surface area contributed by atoms with Gasteiger partial charge in [-0.1, -0.05) is 39.0 Å². The van der Waals surface area contributed by atoms with Crippen LogP contribution in [-0.2, 0) is 9.59 Å². The molecule has 0 saturated heterocycles. The van der Waals surface area contributed by atoms with Gasteiger partial charge in [0.05, 0.1) is 4.87 Å². The van der Waals surface area contributed by atoms with Gasteiger partial charge in [-0.05, 0) is 49.3 Å². The van der Waals surface area contributed by atoms with E-state index in [9.17, 15) is 14.7 Å². The third kappa shape index (κ3) is 1.96. The van der Waals surface area contributed by atoms with E-state index in [1.807, 2.05) is 32.9 Å². The van der Waals surface area contributed by atoms with Crippen LogP contribution in [0.3, 0.4) is 0 Å². The Morgan fingerprint density at radius 3 is 2.63 bits per heavy atom. The number of hydrogen-bond donors (Lipinski definition) is 1. The average molecular weight is 393 g/mol. The minimum absolute atomic E-state index is 0.0244. The lowest BCUT2D eigenvalue weighted by Gasteiger charge is -2.61. The summed E-state index contributed by atoms with van der Waals surface area (Å²) in [5, 5.41) is 11.4. The molecule has 3 nitrogen and oxygen atoms in total. The van der Waals surface area contributed by atoms with Crippen LogP contribution in [-0.4, -0.2) is 33.3 Å². The largest absolute Gasteiger partial charge is 0.381 e. The fourth-order valence-corrected chi connectivity index (χ4v) is 7.17. The Labute approximate surface area is 164 Å². The highest BCUT2D eigenvalue weighted by Crippen LogP contribution is 2.70. The van der Waals surface area contributed by atoms with E-state index in [0.29, 0.717) is 6.42 Å². The summed E-state index contributed by atoms with van der Waals surface area (Å²) in [7, 11) is 0. The number of alkyl halides is 2. The first kappa shape index (κ1) is 19.1. The second-order valence-electron chi connectivity index (χ2n) is 9.35. The summed E-state index contributed by atoms with van der Waals surface area (Å²) in [5.41, 5.74) is -2.52. The first-order valence-electron chi connectivity index (χ1n) is 9.63. The van der Waals surface area contributed by atoms with Crippen LogP contribution in [0.2, 0.25) is 0 Å². The molecule has 27 heavy (non-hydrogen) atoms.